The third kappa shape index (κ3) is 3.31. The second-order valence-corrected chi connectivity index (χ2v) is 7.05. The number of hydrogen-bond acceptors (Lipinski definition) is 5. The number of carbonyl (C=O) groups is 2. The van der Waals surface area contributed by atoms with E-state index in [-0.39, 0.29) is 17.1 Å². The van der Waals surface area contributed by atoms with Gasteiger partial charge in [-0.3, -0.25) is 20.0 Å². The zero-order chi connectivity index (χ0) is 22.1. The van der Waals surface area contributed by atoms with E-state index < -0.39 is 11.9 Å². The van der Waals surface area contributed by atoms with Crippen molar-refractivity contribution in [3.05, 3.63) is 108 Å². The number of hydrogen-bond donors (Lipinski definition) is 1. The lowest BCUT2D eigenvalue weighted by atomic mass is 9.99. The summed E-state index contributed by atoms with van der Waals surface area (Å²) in [4.78, 5) is 38.3. The highest BCUT2D eigenvalue weighted by Crippen LogP contribution is 2.30. The molecule has 1 aliphatic rings. The number of hydroxylamine groups is 2. The first-order valence-corrected chi connectivity index (χ1v) is 9.89. The predicted octanol–water partition coefficient (Wildman–Crippen LogP) is 5.07. The third-order valence-electron chi connectivity index (χ3n) is 5.09. The third-order valence-corrected chi connectivity index (χ3v) is 5.09. The standard InChI is InChI=1S/C25H17N3O4/c26-25(27(18-11-3-1-4-12-18)19-13-5-2-6-14-19)28-31-23(29)20-15-7-9-17-10-8-16-21(22(17)20)24(30)32-28/h1-16,26H. The fourth-order valence-electron chi connectivity index (χ4n) is 3.66. The lowest BCUT2D eigenvalue weighted by Crippen LogP contribution is -2.44. The zero-order valence-electron chi connectivity index (χ0n) is 16.8. The van der Waals surface area contributed by atoms with Crippen LogP contribution in [0.5, 0.6) is 0 Å². The number of para-hydroxylation sites is 2. The van der Waals surface area contributed by atoms with Crippen molar-refractivity contribution in [3.63, 3.8) is 0 Å². The second-order valence-electron chi connectivity index (χ2n) is 7.05. The van der Waals surface area contributed by atoms with Crippen LogP contribution in [0.25, 0.3) is 10.8 Å². The van der Waals surface area contributed by atoms with Crippen LogP contribution in [-0.2, 0) is 9.68 Å². The molecule has 0 fully saturated rings. The van der Waals surface area contributed by atoms with Crippen molar-refractivity contribution >= 4 is 40.0 Å². The minimum absolute atomic E-state index is 0.221. The van der Waals surface area contributed by atoms with Crippen LogP contribution < -0.4 is 4.90 Å². The number of carbonyl (C=O) groups excluding carboxylic acids is 2. The first kappa shape index (κ1) is 19.3. The highest BCUT2D eigenvalue weighted by atomic mass is 17.0. The molecule has 1 heterocycles. The quantitative estimate of drug-likeness (QED) is 0.358. The molecule has 32 heavy (non-hydrogen) atoms. The molecule has 0 aliphatic carbocycles. The lowest BCUT2D eigenvalue weighted by Gasteiger charge is -2.31. The first-order valence-electron chi connectivity index (χ1n) is 9.89. The molecular formula is C25H17N3O4. The van der Waals surface area contributed by atoms with Gasteiger partial charge >= 0.3 is 11.9 Å². The number of guanidine groups is 1. The summed E-state index contributed by atoms with van der Waals surface area (Å²) in [6, 6.07) is 28.4. The average molecular weight is 423 g/mol. The zero-order valence-corrected chi connectivity index (χ0v) is 16.8. The molecule has 0 bridgehead atoms. The molecule has 4 aromatic carbocycles. The van der Waals surface area contributed by atoms with E-state index >= 15 is 0 Å². The molecule has 5 rings (SSSR count). The summed E-state index contributed by atoms with van der Waals surface area (Å²) in [5.74, 6) is -1.83. The van der Waals surface area contributed by atoms with Crippen molar-refractivity contribution in [2.45, 2.75) is 0 Å². The Morgan fingerprint density at radius 3 is 1.59 bits per heavy atom. The molecule has 7 nitrogen and oxygen atoms in total. The van der Waals surface area contributed by atoms with Gasteiger partial charge in [0.05, 0.1) is 11.1 Å². The van der Waals surface area contributed by atoms with E-state index in [4.69, 9.17) is 15.1 Å². The largest absolute Gasteiger partial charge is 0.368 e. The predicted molar refractivity (Wildman–Crippen MR) is 119 cm³/mol. The Hall–Kier alpha value is -4.65. The first-order chi connectivity index (χ1) is 15.6. The maximum absolute atomic E-state index is 13.0. The number of rotatable bonds is 2. The Labute approximate surface area is 183 Å². The molecule has 0 atom stereocenters. The van der Waals surface area contributed by atoms with Gasteiger partial charge < -0.3 is 0 Å². The van der Waals surface area contributed by atoms with Crippen molar-refractivity contribution in [1.82, 2.24) is 5.23 Å². The summed E-state index contributed by atoms with van der Waals surface area (Å²) in [6.07, 6.45) is 0. The Kier molecular flexibility index (Phi) is 4.76. The molecule has 0 aromatic heterocycles. The van der Waals surface area contributed by atoms with Crippen LogP contribution in [0.15, 0.2) is 97.1 Å². The molecule has 0 saturated heterocycles. The van der Waals surface area contributed by atoms with Crippen LogP contribution in [0.4, 0.5) is 11.4 Å². The van der Waals surface area contributed by atoms with Gasteiger partial charge in [0, 0.05) is 22.0 Å². The summed E-state index contributed by atoms with van der Waals surface area (Å²) in [7, 11) is 0. The summed E-state index contributed by atoms with van der Waals surface area (Å²) in [5, 5.41) is 10.5. The van der Waals surface area contributed by atoms with E-state index in [0.717, 1.165) is 0 Å². The lowest BCUT2D eigenvalue weighted by molar-refractivity contribution is -0.243. The molecule has 0 radical (unpaired) electrons. The maximum Gasteiger partial charge on any atom is 0.368 e. The average Bonchev–Trinajstić information content (AvgIpc) is 2.83. The molecule has 4 aromatic rings. The number of nitrogens with zero attached hydrogens (tertiary/aromatic N) is 2. The minimum atomic E-state index is -0.735. The maximum atomic E-state index is 13.0. The molecule has 1 aliphatic heterocycles. The minimum Gasteiger partial charge on any atom is -0.298 e. The van der Waals surface area contributed by atoms with Gasteiger partial charge in [0.25, 0.3) is 5.96 Å². The molecule has 0 unspecified atom stereocenters. The molecule has 156 valence electrons. The van der Waals surface area contributed by atoms with Gasteiger partial charge in [-0.15, -0.1) is 0 Å². The summed E-state index contributed by atoms with van der Waals surface area (Å²) < 4.78 is 0. The van der Waals surface area contributed by atoms with Crippen LogP contribution in [0.3, 0.4) is 0 Å². The molecular weight excluding hydrogens is 406 g/mol. The van der Waals surface area contributed by atoms with E-state index in [2.05, 4.69) is 0 Å². The van der Waals surface area contributed by atoms with Gasteiger partial charge in [0.15, 0.2) is 0 Å². The molecule has 7 heteroatoms. The number of anilines is 2. The monoisotopic (exact) mass is 423 g/mol. The SMILES string of the molecule is N=C(N1OC(=O)c2cccc3cccc(c23)C(=O)O1)N(c1ccccc1)c1ccccc1. The second kappa shape index (κ2) is 7.88. The van der Waals surface area contributed by atoms with Gasteiger partial charge in [0.2, 0.25) is 0 Å². The van der Waals surface area contributed by atoms with Crippen molar-refractivity contribution in [2.24, 2.45) is 0 Å². The fraction of sp³-hybridized carbons (Fsp3) is 0. The Morgan fingerprint density at radius 2 is 1.12 bits per heavy atom. The Balaban J connectivity index is 1.58. The topological polar surface area (TPSA) is 82.9 Å². The van der Waals surface area contributed by atoms with Crippen LogP contribution in [0.2, 0.25) is 0 Å². The number of benzene rings is 4. The van der Waals surface area contributed by atoms with Gasteiger partial charge in [-0.1, -0.05) is 60.7 Å². The smallest absolute Gasteiger partial charge is 0.298 e. The van der Waals surface area contributed by atoms with Crippen molar-refractivity contribution < 1.29 is 19.3 Å². The summed E-state index contributed by atoms with van der Waals surface area (Å²) >= 11 is 0. The molecule has 1 N–H and O–H groups in total. The van der Waals surface area contributed by atoms with Crippen molar-refractivity contribution in [3.8, 4) is 0 Å². The van der Waals surface area contributed by atoms with E-state index in [9.17, 15) is 9.59 Å². The van der Waals surface area contributed by atoms with Crippen LogP contribution in [-0.4, -0.2) is 23.1 Å². The van der Waals surface area contributed by atoms with Gasteiger partial charge in [-0.25, -0.2) is 9.59 Å². The van der Waals surface area contributed by atoms with Gasteiger partial charge in [-0.05, 0) is 41.8 Å². The van der Waals surface area contributed by atoms with Crippen LogP contribution >= 0.6 is 0 Å². The summed E-state index contributed by atoms with van der Waals surface area (Å²) in [5.41, 5.74) is 1.69. The highest BCUT2D eigenvalue weighted by Gasteiger charge is 2.32. The van der Waals surface area contributed by atoms with Crippen LogP contribution in [0, 0.1) is 5.41 Å². The normalized spacial score (nSPS) is 13.1. The van der Waals surface area contributed by atoms with Crippen molar-refractivity contribution in [2.75, 3.05) is 4.90 Å². The van der Waals surface area contributed by atoms with Crippen LogP contribution in [0.1, 0.15) is 20.7 Å². The Morgan fingerprint density at radius 1 is 0.656 bits per heavy atom. The molecule has 0 amide bonds. The van der Waals surface area contributed by atoms with E-state index in [1.807, 2.05) is 36.4 Å². The summed E-state index contributed by atoms with van der Waals surface area (Å²) in [6.45, 7) is 0. The number of nitrogens with one attached hydrogen (secondary N) is 1. The fourth-order valence-corrected chi connectivity index (χ4v) is 3.66. The van der Waals surface area contributed by atoms with Crippen molar-refractivity contribution in [1.29, 1.82) is 5.41 Å². The van der Waals surface area contributed by atoms with E-state index in [1.165, 1.54) is 4.90 Å². The van der Waals surface area contributed by atoms with Gasteiger partial charge in [-0.2, -0.15) is 0 Å². The van der Waals surface area contributed by atoms with Gasteiger partial charge in [0.1, 0.15) is 0 Å². The molecule has 0 saturated carbocycles. The highest BCUT2D eigenvalue weighted by molar-refractivity contribution is 6.14. The van der Waals surface area contributed by atoms with E-state index in [1.54, 1.807) is 60.7 Å². The molecule has 0 spiro atoms. The Bertz CT molecular complexity index is 1250. The van der Waals surface area contributed by atoms with E-state index in [0.29, 0.717) is 27.4 Å².